The molecule has 2 aromatic carbocycles. The minimum absolute atomic E-state index is 0.275. The second-order valence-electron chi connectivity index (χ2n) is 7.45. The lowest BCUT2D eigenvalue weighted by Crippen LogP contribution is -2.04. The van der Waals surface area contributed by atoms with Crippen molar-refractivity contribution in [2.24, 2.45) is 0 Å². The smallest absolute Gasteiger partial charge is 0.164 e. The van der Waals surface area contributed by atoms with Gasteiger partial charge in [0.25, 0.3) is 0 Å². The Kier molecular flexibility index (Phi) is 5.57. The van der Waals surface area contributed by atoms with Crippen LogP contribution in [-0.4, -0.2) is 15.0 Å². The van der Waals surface area contributed by atoms with Gasteiger partial charge in [-0.2, -0.15) is 0 Å². The van der Waals surface area contributed by atoms with E-state index in [1.807, 2.05) is 49.4 Å². The van der Waals surface area contributed by atoms with Gasteiger partial charge in [0.15, 0.2) is 5.65 Å². The minimum atomic E-state index is -0.283. The maximum Gasteiger partial charge on any atom is 0.164 e. The van der Waals surface area contributed by atoms with E-state index in [9.17, 15) is 4.39 Å². The summed E-state index contributed by atoms with van der Waals surface area (Å²) in [5.41, 5.74) is 3.26. The molecule has 0 aliphatic rings. The number of hydrogen-bond donors (Lipinski definition) is 1. The molecular formula is C24H23FN4O. The van der Waals surface area contributed by atoms with Crippen LogP contribution >= 0.6 is 0 Å². The Morgan fingerprint density at radius 2 is 1.77 bits per heavy atom. The number of rotatable bonds is 6. The average molecular weight is 402 g/mol. The highest BCUT2D eigenvalue weighted by atomic mass is 19.1. The van der Waals surface area contributed by atoms with Crippen LogP contribution < -0.4 is 10.1 Å². The van der Waals surface area contributed by atoms with Crippen molar-refractivity contribution in [3.8, 4) is 5.75 Å². The van der Waals surface area contributed by atoms with Crippen molar-refractivity contribution in [1.82, 2.24) is 15.0 Å². The van der Waals surface area contributed by atoms with E-state index in [1.165, 1.54) is 18.5 Å². The van der Waals surface area contributed by atoms with Crippen LogP contribution in [0, 0.1) is 5.82 Å². The predicted molar refractivity (Wildman–Crippen MR) is 117 cm³/mol. The van der Waals surface area contributed by atoms with E-state index in [1.54, 1.807) is 6.07 Å². The molecule has 152 valence electrons. The summed E-state index contributed by atoms with van der Waals surface area (Å²) >= 11 is 0. The molecule has 6 heteroatoms. The molecule has 0 aliphatic heterocycles. The first-order valence-electron chi connectivity index (χ1n) is 9.90. The number of aromatic nitrogens is 3. The molecule has 5 nitrogen and oxygen atoms in total. The van der Waals surface area contributed by atoms with E-state index in [0.29, 0.717) is 23.1 Å². The first kappa shape index (κ1) is 19.8. The standard InChI is InChI=1S/C24H23FN4O/c1-15(2)22-11-10-21-23(26-14-27-24(21)29-22)28-19-8-5-9-20(13-19)30-16(3)17-6-4-7-18(25)12-17/h4-16H,1-3H3,(H,26,27,28,29). The van der Waals surface area contributed by atoms with Crippen LogP contribution in [0.1, 0.15) is 44.1 Å². The SMILES string of the molecule is CC(C)c1ccc2c(Nc3cccc(OC(C)c4cccc(F)c4)c3)ncnc2n1. The molecule has 4 aromatic rings. The molecule has 0 aliphatic carbocycles. The van der Waals surface area contributed by atoms with Gasteiger partial charge >= 0.3 is 0 Å². The van der Waals surface area contributed by atoms with Gasteiger partial charge in [0.1, 0.15) is 29.8 Å². The van der Waals surface area contributed by atoms with Gasteiger partial charge in [0.2, 0.25) is 0 Å². The molecular weight excluding hydrogens is 379 g/mol. The van der Waals surface area contributed by atoms with Crippen LogP contribution in [0.15, 0.2) is 67.0 Å². The average Bonchev–Trinajstić information content (AvgIpc) is 2.74. The van der Waals surface area contributed by atoms with Gasteiger partial charge < -0.3 is 10.1 Å². The molecule has 2 heterocycles. The summed E-state index contributed by atoms with van der Waals surface area (Å²) in [7, 11) is 0. The maximum atomic E-state index is 13.5. The quantitative estimate of drug-likeness (QED) is 0.418. The van der Waals surface area contributed by atoms with Crippen molar-refractivity contribution in [2.75, 3.05) is 5.32 Å². The van der Waals surface area contributed by atoms with Crippen LogP contribution in [0.4, 0.5) is 15.9 Å². The van der Waals surface area contributed by atoms with Gasteiger partial charge in [-0.1, -0.05) is 32.0 Å². The molecule has 1 atom stereocenters. The fourth-order valence-electron chi connectivity index (χ4n) is 3.19. The summed E-state index contributed by atoms with van der Waals surface area (Å²) < 4.78 is 19.5. The molecule has 0 radical (unpaired) electrons. The van der Waals surface area contributed by atoms with Crippen molar-refractivity contribution in [3.63, 3.8) is 0 Å². The summed E-state index contributed by atoms with van der Waals surface area (Å²) in [6.45, 7) is 6.10. The Morgan fingerprint density at radius 3 is 2.57 bits per heavy atom. The van der Waals surface area contributed by atoms with E-state index in [0.717, 1.165) is 22.3 Å². The number of ether oxygens (including phenoxy) is 1. The third kappa shape index (κ3) is 4.38. The minimum Gasteiger partial charge on any atom is -0.486 e. The van der Waals surface area contributed by atoms with Gasteiger partial charge in [-0.25, -0.2) is 19.3 Å². The van der Waals surface area contributed by atoms with Gasteiger partial charge in [0.05, 0.1) is 5.39 Å². The highest BCUT2D eigenvalue weighted by molar-refractivity contribution is 5.88. The lowest BCUT2D eigenvalue weighted by molar-refractivity contribution is 0.226. The van der Waals surface area contributed by atoms with Gasteiger partial charge in [-0.3, -0.25) is 0 Å². The molecule has 0 amide bonds. The van der Waals surface area contributed by atoms with Gasteiger partial charge in [0, 0.05) is 17.4 Å². The molecule has 1 N–H and O–H groups in total. The van der Waals surface area contributed by atoms with Crippen LogP contribution in [0.3, 0.4) is 0 Å². The van der Waals surface area contributed by atoms with Gasteiger partial charge in [-0.15, -0.1) is 0 Å². The van der Waals surface area contributed by atoms with Crippen molar-refractivity contribution >= 4 is 22.5 Å². The molecule has 1 unspecified atom stereocenters. The number of hydrogen-bond acceptors (Lipinski definition) is 5. The van der Waals surface area contributed by atoms with Crippen LogP contribution in [0.5, 0.6) is 5.75 Å². The highest BCUT2D eigenvalue weighted by Gasteiger charge is 2.11. The fourth-order valence-corrected chi connectivity index (χ4v) is 3.19. The van der Waals surface area contributed by atoms with Crippen molar-refractivity contribution < 1.29 is 9.13 Å². The second-order valence-corrected chi connectivity index (χ2v) is 7.45. The maximum absolute atomic E-state index is 13.5. The third-order valence-corrected chi connectivity index (χ3v) is 4.84. The highest BCUT2D eigenvalue weighted by Crippen LogP contribution is 2.28. The normalized spacial score (nSPS) is 12.2. The zero-order valence-corrected chi connectivity index (χ0v) is 17.1. The zero-order valence-electron chi connectivity index (χ0n) is 17.1. The summed E-state index contributed by atoms with van der Waals surface area (Å²) in [6, 6.07) is 18.0. The Labute approximate surface area is 175 Å². The largest absolute Gasteiger partial charge is 0.486 e. The van der Waals surface area contributed by atoms with Crippen molar-refractivity contribution in [1.29, 1.82) is 0 Å². The first-order chi connectivity index (χ1) is 14.5. The molecule has 0 saturated heterocycles. The fraction of sp³-hybridized carbons (Fsp3) is 0.208. The van der Waals surface area contributed by atoms with Crippen LogP contribution in [0.25, 0.3) is 11.0 Å². The second kappa shape index (κ2) is 8.45. The lowest BCUT2D eigenvalue weighted by atomic mass is 10.1. The monoisotopic (exact) mass is 402 g/mol. The Morgan fingerprint density at radius 1 is 0.933 bits per heavy atom. The number of fused-ring (bicyclic) bond motifs is 1. The Bertz CT molecular complexity index is 1180. The van der Waals surface area contributed by atoms with E-state index in [-0.39, 0.29) is 11.9 Å². The summed E-state index contributed by atoms with van der Waals surface area (Å²) in [5, 5.41) is 4.18. The number of nitrogens with zero attached hydrogens (tertiary/aromatic N) is 3. The van der Waals surface area contributed by atoms with E-state index >= 15 is 0 Å². The molecule has 4 rings (SSSR count). The number of nitrogens with one attached hydrogen (secondary N) is 1. The zero-order chi connectivity index (χ0) is 21.1. The summed E-state index contributed by atoms with van der Waals surface area (Å²) in [6.07, 6.45) is 1.23. The lowest BCUT2D eigenvalue weighted by Gasteiger charge is -2.16. The first-order valence-corrected chi connectivity index (χ1v) is 9.90. The number of pyridine rings is 1. The van der Waals surface area contributed by atoms with E-state index < -0.39 is 0 Å². The van der Waals surface area contributed by atoms with Crippen LogP contribution in [0.2, 0.25) is 0 Å². The van der Waals surface area contributed by atoms with Crippen molar-refractivity contribution in [3.05, 3.63) is 84.1 Å². The molecule has 0 saturated carbocycles. The van der Waals surface area contributed by atoms with E-state index in [4.69, 9.17) is 4.74 Å². The number of halogens is 1. The predicted octanol–water partition coefficient (Wildman–Crippen LogP) is 6.17. The van der Waals surface area contributed by atoms with E-state index in [2.05, 4.69) is 34.1 Å². The molecule has 0 bridgehead atoms. The summed E-state index contributed by atoms with van der Waals surface area (Å²) in [4.78, 5) is 13.3. The molecule has 0 fully saturated rings. The molecule has 2 aromatic heterocycles. The number of benzene rings is 2. The molecule has 0 spiro atoms. The Balaban J connectivity index is 1.56. The van der Waals surface area contributed by atoms with Crippen molar-refractivity contribution in [2.45, 2.75) is 32.8 Å². The third-order valence-electron chi connectivity index (χ3n) is 4.84. The topological polar surface area (TPSA) is 59.9 Å². The van der Waals surface area contributed by atoms with Gasteiger partial charge in [-0.05, 0) is 54.8 Å². The number of anilines is 2. The van der Waals surface area contributed by atoms with Crippen LogP contribution in [-0.2, 0) is 0 Å². The summed E-state index contributed by atoms with van der Waals surface area (Å²) in [5.74, 6) is 1.41. The molecule has 30 heavy (non-hydrogen) atoms. The Hall–Kier alpha value is -3.54.